The number of alkyl halides is 17. The first-order valence-corrected chi connectivity index (χ1v) is 30.2. The Morgan fingerprint density at radius 3 is 0.822 bits per heavy atom. The summed E-state index contributed by atoms with van der Waals surface area (Å²) in [6.45, 7) is 22.8. The smallest absolute Gasteiger partial charge is 0.422 e. The third-order valence-electron chi connectivity index (χ3n) is 12.5. The van der Waals surface area contributed by atoms with Crippen molar-refractivity contribution in [2.45, 2.75) is 187 Å². The van der Waals surface area contributed by atoms with Gasteiger partial charge in [0.05, 0.1) is 26.8 Å². The second kappa shape index (κ2) is 45.4. The number of aryl methyl sites for hydroxylation is 3. The maximum atomic E-state index is 11.9. The number of thioether (sulfide) groups is 1. The number of benzene rings is 6. The van der Waals surface area contributed by atoms with Crippen LogP contribution in [0.4, 0.5) is 74.6 Å². The molecule has 0 saturated carbocycles. The van der Waals surface area contributed by atoms with Gasteiger partial charge in [-0.1, -0.05) is 192 Å². The van der Waals surface area contributed by atoms with E-state index < -0.39 is 62.9 Å². The number of hydrogen-bond acceptors (Lipinski definition) is 3. The zero-order chi connectivity index (χ0) is 69.4. The summed E-state index contributed by atoms with van der Waals surface area (Å²) in [7, 11) is 1.00. The van der Waals surface area contributed by atoms with Gasteiger partial charge in [-0.25, -0.2) is 8.78 Å². The predicted octanol–water partition coefficient (Wildman–Crippen LogP) is 24.8. The topological polar surface area (TPSA) is 18.5 Å². The van der Waals surface area contributed by atoms with Crippen LogP contribution in [0.1, 0.15) is 182 Å². The summed E-state index contributed by atoms with van der Waals surface area (Å²) in [5.74, 6) is 2.53. The summed E-state index contributed by atoms with van der Waals surface area (Å²) in [5, 5.41) is 0. The molecule has 0 atom stereocenters. The van der Waals surface area contributed by atoms with Crippen LogP contribution >= 0.6 is 11.8 Å². The number of ether oxygens (including phenoxy) is 2. The third-order valence-corrected chi connectivity index (χ3v) is 13.6. The number of halogens is 17. The zero-order valence-electron chi connectivity index (χ0n) is 53.9. The summed E-state index contributed by atoms with van der Waals surface area (Å²) < 4.78 is 207. The SMILES string of the molecule is CC(C)c1ccc(CCC(F)(F)F)cc1.CC(C)c1ccc(CCC(F)(F)F)cc1.CC(C)c1ccc(CCF)cc1.CC(C)c1ccc(OCC(F)(F)F)cc1.CC(C)c1ccc(OCC(F)F)cc1.CC(C)c1ccc(SCC(F)(F)F)cc1.CF.CF. The molecule has 20 heteroatoms. The first-order valence-electron chi connectivity index (χ1n) is 29.2. The molecule has 6 aromatic rings. The molecule has 6 rings (SSSR count). The van der Waals surface area contributed by atoms with E-state index in [1.807, 2.05) is 74.5 Å². The molecule has 6 aromatic carbocycles. The lowest BCUT2D eigenvalue weighted by atomic mass is 10.0. The lowest BCUT2D eigenvalue weighted by Gasteiger charge is -2.10. The number of hydrogen-bond donors (Lipinski definition) is 0. The average Bonchev–Trinajstić information content (AvgIpc) is 3.68. The van der Waals surface area contributed by atoms with Crippen LogP contribution in [0.2, 0.25) is 0 Å². The second-order valence-electron chi connectivity index (χ2n) is 22.0. The first kappa shape index (κ1) is 86.1. The van der Waals surface area contributed by atoms with Crippen molar-refractivity contribution in [3.63, 3.8) is 0 Å². The minimum absolute atomic E-state index is 0.0713. The van der Waals surface area contributed by atoms with Crippen molar-refractivity contribution in [2.24, 2.45) is 0 Å². The van der Waals surface area contributed by atoms with Gasteiger partial charge in [0.25, 0.3) is 6.43 Å². The van der Waals surface area contributed by atoms with E-state index in [4.69, 9.17) is 4.74 Å². The molecule has 0 unspecified atom stereocenters. The van der Waals surface area contributed by atoms with Crippen molar-refractivity contribution in [1.82, 2.24) is 0 Å². The van der Waals surface area contributed by atoms with Gasteiger partial charge < -0.3 is 9.47 Å². The summed E-state index contributed by atoms with van der Waals surface area (Å²) in [6.07, 6.45) is -19.7. The van der Waals surface area contributed by atoms with Crippen molar-refractivity contribution in [3.05, 3.63) is 196 Å². The molecule has 0 bridgehead atoms. The van der Waals surface area contributed by atoms with E-state index in [2.05, 4.69) is 86.1 Å². The fourth-order valence-corrected chi connectivity index (χ4v) is 7.88. The molecule has 0 fully saturated rings. The minimum atomic E-state index is -4.28. The maximum absolute atomic E-state index is 11.9. The van der Waals surface area contributed by atoms with Crippen LogP contribution in [0.3, 0.4) is 0 Å². The van der Waals surface area contributed by atoms with Crippen molar-refractivity contribution in [3.8, 4) is 11.5 Å². The molecule has 90 heavy (non-hydrogen) atoms. The van der Waals surface area contributed by atoms with E-state index in [1.165, 1.54) is 11.1 Å². The molecular weight excluding hydrogens is 1230 g/mol. The minimum Gasteiger partial charge on any atom is -0.488 e. The van der Waals surface area contributed by atoms with E-state index in [-0.39, 0.29) is 25.3 Å². The van der Waals surface area contributed by atoms with E-state index >= 15 is 0 Å². The molecule has 0 N–H and O–H groups in total. The van der Waals surface area contributed by atoms with Gasteiger partial charge in [0.1, 0.15) is 18.1 Å². The van der Waals surface area contributed by atoms with E-state index in [9.17, 15) is 74.6 Å². The summed E-state index contributed by atoms with van der Waals surface area (Å²) in [6, 6.07) is 44.0. The molecular formula is C70H91F17O2S. The molecule has 0 aromatic heterocycles. The monoisotopic (exact) mass is 1320 g/mol. The van der Waals surface area contributed by atoms with Crippen LogP contribution in [-0.2, 0) is 19.3 Å². The fraction of sp³-hybridized carbons (Fsp3) is 0.486. The quantitative estimate of drug-likeness (QED) is 0.0595. The van der Waals surface area contributed by atoms with Crippen LogP contribution in [0, 0.1) is 0 Å². The van der Waals surface area contributed by atoms with E-state index in [1.54, 1.807) is 72.8 Å². The lowest BCUT2D eigenvalue weighted by Crippen LogP contribution is -2.19. The fourth-order valence-electron chi connectivity index (χ4n) is 7.23. The van der Waals surface area contributed by atoms with Gasteiger partial charge in [-0.3, -0.25) is 13.2 Å². The van der Waals surface area contributed by atoms with Crippen LogP contribution in [0.25, 0.3) is 0 Å². The van der Waals surface area contributed by atoms with Crippen molar-refractivity contribution in [1.29, 1.82) is 0 Å². The molecule has 2 nitrogen and oxygen atoms in total. The van der Waals surface area contributed by atoms with Crippen molar-refractivity contribution in [2.75, 3.05) is 40.0 Å². The molecule has 0 heterocycles. The van der Waals surface area contributed by atoms with Gasteiger partial charge in [-0.2, -0.15) is 52.7 Å². The Hall–Kier alpha value is -5.92. The van der Waals surface area contributed by atoms with Crippen LogP contribution < -0.4 is 9.47 Å². The van der Waals surface area contributed by atoms with Gasteiger partial charge in [0, 0.05) is 24.2 Å². The average molecular weight is 1320 g/mol. The van der Waals surface area contributed by atoms with Crippen molar-refractivity contribution < 1.29 is 84.1 Å². The van der Waals surface area contributed by atoms with Gasteiger partial charge >= 0.3 is 24.7 Å². The Labute approximate surface area is 527 Å². The predicted molar refractivity (Wildman–Crippen MR) is 336 cm³/mol. The Morgan fingerprint density at radius 2 is 0.589 bits per heavy atom. The number of rotatable bonds is 19. The summed E-state index contributed by atoms with van der Waals surface area (Å²) in [4.78, 5) is 0.664. The maximum Gasteiger partial charge on any atom is 0.422 e. The molecule has 0 saturated heterocycles. The largest absolute Gasteiger partial charge is 0.488 e. The molecule has 0 aliphatic carbocycles. The summed E-state index contributed by atoms with van der Waals surface area (Å²) in [5.41, 5.74) is 9.61. The highest BCUT2D eigenvalue weighted by atomic mass is 32.2. The Bertz CT molecular complexity index is 2400. The highest BCUT2D eigenvalue weighted by molar-refractivity contribution is 7.99. The van der Waals surface area contributed by atoms with Crippen LogP contribution in [0.5, 0.6) is 11.5 Å². The molecule has 0 spiro atoms. The molecule has 0 amide bonds. The van der Waals surface area contributed by atoms with Crippen LogP contribution in [0.15, 0.2) is 150 Å². The molecule has 0 aliphatic rings. The molecule has 0 radical (unpaired) electrons. The van der Waals surface area contributed by atoms with Crippen LogP contribution in [-0.4, -0.2) is 71.1 Å². The highest BCUT2D eigenvalue weighted by Crippen LogP contribution is 2.30. The Kier molecular flexibility index (Phi) is 43.4. The lowest BCUT2D eigenvalue weighted by molar-refractivity contribution is -0.153. The summed E-state index contributed by atoms with van der Waals surface area (Å²) >= 11 is 0.823. The van der Waals surface area contributed by atoms with E-state index in [0.717, 1.165) is 50.7 Å². The van der Waals surface area contributed by atoms with Gasteiger partial charge in [-0.15, -0.1) is 11.8 Å². The molecule has 508 valence electrons. The molecule has 0 aliphatic heterocycles. The van der Waals surface area contributed by atoms with Gasteiger partial charge in [0.15, 0.2) is 6.61 Å². The van der Waals surface area contributed by atoms with Gasteiger partial charge in [0.2, 0.25) is 0 Å². The van der Waals surface area contributed by atoms with Gasteiger partial charge in [-0.05, 0) is 135 Å². The Morgan fingerprint density at radius 1 is 0.333 bits per heavy atom. The third kappa shape index (κ3) is 44.5. The van der Waals surface area contributed by atoms with Crippen molar-refractivity contribution >= 4 is 11.8 Å². The first-order chi connectivity index (χ1) is 41.9. The highest BCUT2D eigenvalue weighted by Gasteiger charge is 2.29. The normalized spacial score (nSPS) is 11.3. The zero-order valence-corrected chi connectivity index (χ0v) is 54.7. The van der Waals surface area contributed by atoms with E-state index in [0.29, 0.717) is 66.9 Å². The Balaban J connectivity index is 0. The second-order valence-corrected chi connectivity index (χ2v) is 23.1. The standard InChI is InChI=1S/2C12H15F3.C11H13F3O.C11H13F3S.C11H14F2O.C11H15F.2CH3F/c2*1-9(2)11-5-3-10(4-6-11)7-8-12(13,14)15;2*1-8(2)9-3-5-10(6-4-9)15-7-11(12,13)14;1-8(2)9-3-5-10(6-4-9)14-7-11(12)13;1-9(2)11-5-3-10(4-6-11)7-8-12;2*1-2/h2*3-6,9H,7-8H2,1-2H3;2*3-6,8H,7H2,1-2H3;3-6,8,11H,7H2,1-2H3;3-6,9H,7-8H2,1-2H3;2*1H3.